The van der Waals surface area contributed by atoms with Crippen LogP contribution in [0, 0.1) is 5.92 Å². The minimum atomic E-state index is -0.523. The molecule has 1 heterocycles. The molecule has 2 amide bonds. The van der Waals surface area contributed by atoms with E-state index >= 15 is 0 Å². The minimum Gasteiger partial charge on any atom is -0.497 e. The van der Waals surface area contributed by atoms with Gasteiger partial charge in [-0.1, -0.05) is 32.9 Å². The van der Waals surface area contributed by atoms with Crippen LogP contribution in [0.5, 0.6) is 5.75 Å². The molecular formula is C17H23NO4. The van der Waals surface area contributed by atoms with Crippen LogP contribution >= 0.6 is 0 Å². The van der Waals surface area contributed by atoms with Gasteiger partial charge in [-0.2, -0.15) is 0 Å². The number of benzene rings is 1. The van der Waals surface area contributed by atoms with Crippen molar-refractivity contribution in [1.82, 2.24) is 4.90 Å². The van der Waals surface area contributed by atoms with Gasteiger partial charge in [0.15, 0.2) is 0 Å². The minimum absolute atomic E-state index is 0.0274. The summed E-state index contributed by atoms with van der Waals surface area (Å²) in [6.45, 7) is 6.24. The highest BCUT2D eigenvalue weighted by Gasteiger charge is 2.39. The number of imide groups is 1. The van der Waals surface area contributed by atoms with E-state index in [9.17, 15) is 9.59 Å². The van der Waals surface area contributed by atoms with Gasteiger partial charge in [0.2, 0.25) is 5.91 Å². The summed E-state index contributed by atoms with van der Waals surface area (Å²) in [7, 11) is 1.62. The highest BCUT2D eigenvalue weighted by molar-refractivity contribution is 5.93. The molecule has 0 saturated carbocycles. The lowest BCUT2D eigenvalue weighted by Gasteiger charge is -2.24. The molecule has 2 unspecified atom stereocenters. The van der Waals surface area contributed by atoms with Crippen LogP contribution in [0.4, 0.5) is 4.79 Å². The molecule has 2 rings (SSSR count). The molecule has 2 atom stereocenters. The van der Waals surface area contributed by atoms with Gasteiger partial charge in [0.25, 0.3) is 0 Å². The van der Waals surface area contributed by atoms with Crippen molar-refractivity contribution in [2.24, 2.45) is 5.92 Å². The van der Waals surface area contributed by atoms with Gasteiger partial charge in [-0.3, -0.25) is 4.79 Å². The van der Waals surface area contributed by atoms with Gasteiger partial charge in [-0.05, 0) is 29.5 Å². The average Bonchev–Trinajstić information content (AvgIpc) is 2.89. The maximum atomic E-state index is 12.5. The van der Waals surface area contributed by atoms with Crippen molar-refractivity contribution in [3.63, 3.8) is 0 Å². The van der Waals surface area contributed by atoms with Crippen molar-refractivity contribution in [3.05, 3.63) is 29.8 Å². The predicted octanol–water partition coefficient (Wildman–Crippen LogP) is 3.19. The first-order chi connectivity index (χ1) is 10.4. The average molecular weight is 305 g/mol. The van der Waals surface area contributed by atoms with Crippen LogP contribution in [0.1, 0.15) is 38.7 Å². The second-order valence-corrected chi connectivity index (χ2v) is 6.03. The topological polar surface area (TPSA) is 55.8 Å². The van der Waals surface area contributed by atoms with E-state index in [1.165, 1.54) is 4.90 Å². The molecule has 1 aromatic carbocycles. The van der Waals surface area contributed by atoms with E-state index in [0.717, 1.165) is 11.3 Å². The summed E-state index contributed by atoms with van der Waals surface area (Å²) in [6, 6.07) is 7.47. The van der Waals surface area contributed by atoms with Crippen molar-refractivity contribution in [2.75, 3.05) is 13.7 Å². The zero-order chi connectivity index (χ0) is 16.3. The number of methoxy groups -OCH3 is 1. The molecule has 1 aliphatic rings. The van der Waals surface area contributed by atoms with Crippen LogP contribution in [0.2, 0.25) is 0 Å². The van der Waals surface area contributed by atoms with Gasteiger partial charge in [0.05, 0.1) is 13.2 Å². The first kappa shape index (κ1) is 16.3. The van der Waals surface area contributed by atoms with E-state index < -0.39 is 6.09 Å². The molecule has 0 aromatic heterocycles. The Balaban J connectivity index is 2.05. The third-order valence-electron chi connectivity index (χ3n) is 4.11. The van der Waals surface area contributed by atoms with Gasteiger partial charge in [-0.25, -0.2) is 9.69 Å². The maximum absolute atomic E-state index is 12.5. The fourth-order valence-electron chi connectivity index (χ4n) is 2.62. The quantitative estimate of drug-likeness (QED) is 0.838. The van der Waals surface area contributed by atoms with Crippen molar-refractivity contribution in [2.45, 2.75) is 39.2 Å². The summed E-state index contributed by atoms with van der Waals surface area (Å²) in [6.07, 6.45) is -0.240. The van der Waals surface area contributed by atoms with E-state index in [-0.39, 0.29) is 30.2 Å². The molecule has 1 aromatic rings. The fraction of sp³-hybridized carbons (Fsp3) is 0.529. The van der Waals surface area contributed by atoms with E-state index in [1.807, 2.05) is 45.0 Å². The number of hydrogen-bond acceptors (Lipinski definition) is 4. The Labute approximate surface area is 131 Å². The lowest BCUT2D eigenvalue weighted by molar-refractivity contribution is -0.130. The third kappa shape index (κ3) is 3.40. The molecule has 1 saturated heterocycles. The van der Waals surface area contributed by atoms with Gasteiger partial charge in [0.1, 0.15) is 12.4 Å². The van der Waals surface area contributed by atoms with Crippen molar-refractivity contribution >= 4 is 12.0 Å². The van der Waals surface area contributed by atoms with Crippen LogP contribution in [0.25, 0.3) is 0 Å². The van der Waals surface area contributed by atoms with E-state index in [1.54, 1.807) is 7.11 Å². The van der Waals surface area contributed by atoms with Crippen LogP contribution in [-0.4, -0.2) is 36.7 Å². The number of amides is 2. The standard InChI is InChI=1S/C17H23NO4/c1-11(2)15-10-22-17(20)18(15)16(19)9-12(3)13-5-7-14(21-4)8-6-13/h5-8,11-12,15H,9-10H2,1-4H3. The second kappa shape index (κ2) is 6.81. The molecule has 22 heavy (non-hydrogen) atoms. The molecule has 0 radical (unpaired) electrons. The Morgan fingerprint density at radius 3 is 2.50 bits per heavy atom. The Hall–Kier alpha value is -2.04. The molecular weight excluding hydrogens is 282 g/mol. The monoisotopic (exact) mass is 305 g/mol. The molecule has 0 aliphatic carbocycles. The van der Waals surface area contributed by atoms with Crippen LogP contribution in [0.3, 0.4) is 0 Å². The van der Waals surface area contributed by atoms with Crippen LogP contribution < -0.4 is 4.74 Å². The molecule has 5 nitrogen and oxygen atoms in total. The summed E-state index contributed by atoms with van der Waals surface area (Å²) in [4.78, 5) is 25.6. The Morgan fingerprint density at radius 2 is 1.95 bits per heavy atom. The number of carbonyl (C=O) groups excluding carboxylic acids is 2. The molecule has 1 aliphatic heterocycles. The largest absolute Gasteiger partial charge is 0.497 e. The predicted molar refractivity (Wildman–Crippen MR) is 82.8 cm³/mol. The zero-order valence-electron chi connectivity index (χ0n) is 13.5. The second-order valence-electron chi connectivity index (χ2n) is 6.03. The summed E-state index contributed by atoms with van der Waals surface area (Å²) in [5.74, 6) is 0.820. The van der Waals surface area contributed by atoms with Gasteiger partial charge < -0.3 is 9.47 Å². The number of ether oxygens (including phenoxy) is 2. The number of hydrogen-bond donors (Lipinski definition) is 0. The first-order valence-electron chi connectivity index (χ1n) is 7.56. The van der Waals surface area contributed by atoms with Gasteiger partial charge in [-0.15, -0.1) is 0 Å². The molecule has 0 bridgehead atoms. The van der Waals surface area contributed by atoms with Gasteiger partial charge >= 0.3 is 6.09 Å². The van der Waals surface area contributed by atoms with Crippen molar-refractivity contribution in [1.29, 1.82) is 0 Å². The zero-order valence-corrected chi connectivity index (χ0v) is 13.5. The third-order valence-corrected chi connectivity index (χ3v) is 4.11. The van der Waals surface area contributed by atoms with Gasteiger partial charge in [0, 0.05) is 6.42 Å². The molecule has 5 heteroatoms. The molecule has 120 valence electrons. The number of rotatable bonds is 5. The lowest BCUT2D eigenvalue weighted by Crippen LogP contribution is -2.42. The Kier molecular flexibility index (Phi) is 5.06. The van der Waals surface area contributed by atoms with E-state index in [0.29, 0.717) is 6.61 Å². The summed E-state index contributed by atoms with van der Waals surface area (Å²) in [5, 5.41) is 0. The van der Waals surface area contributed by atoms with Crippen molar-refractivity contribution < 1.29 is 19.1 Å². The molecule has 0 spiro atoms. The highest BCUT2D eigenvalue weighted by atomic mass is 16.6. The highest BCUT2D eigenvalue weighted by Crippen LogP contribution is 2.26. The lowest BCUT2D eigenvalue weighted by atomic mass is 9.96. The maximum Gasteiger partial charge on any atom is 0.416 e. The normalized spacial score (nSPS) is 19.2. The number of carbonyl (C=O) groups is 2. The summed E-state index contributed by atoms with van der Waals surface area (Å²) in [5.41, 5.74) is 1.04. The summed E-state index contributed by atoms with van der Waals surface area (Å²) >= 11 is 0. The fourth-order valence-corrected chi connectivity index (χ4v) is 2.62. The van der Waals surface area contributed by atoms with Crippen LogP contribution in [-0.2, 0) is 9.53 Å². The SMILES string of the molecule is COc1ccc(C(C)CC(=O)N2C(=O)OCC2C(C)C)cc1. The number of cyclic esters (lactones) is 1. The first-order valence-corrected chi connectivity index (χ1v) is 7.56. The van der Waals surface area contributed by atoms with E-state index in [4.69, 9.17) is 9.47 Å². The summed E-state index contributed by atoms with van der Waals surface area (Å²) < 4.78 is 10.2. The van der Waals surface area contributed by atoms with Crippen molar-refractivity contribution in [3.8, 4) is 5.75 Å². The van der Waals surface area contributed by atoms with Crippen LogP contribution in [0.15, 0.2) is 24.3 Å². The number of nitrogens with zero attached hydrogens (tertiary/aromatic N) is 1. The van der Waals surface area contributed by atoms with E-state index in [2.05, 4.69) is 0 Å². The Bertz CT molecular complexity index is 538. The molecule has 1 fully saturated rings. The molecule has 0 N–H and O–H groups in total. The smallest absolute Gasteiger partial charge is 0.416 e. The Morgan fingerprint density at radius 1 is 1.32 bits per heavy atom.